The number of aromatic nitrogens is 3. The van der Waals surface area contributed by atoms with E-state index in [0.29, 0.717) is 15.8 Å². The number of aromatic amines is 1. The first-order chi connectivity index (χ1) is 8.20. The molecule has 0 aliphatic rings. The lowest BCUT2D eigenvalue weighted by Crippen LogP contribution is -2.18. The molecule has 0 bridgehead atoms. The van der Waals surface area contributed by atoms with Gasteiger partial charge in [-0.15, -0.1) is 0 Å². The smallest absolute Gasteiger partial charge is 0.264 e. The Morgan fingerprint density at radius 1 is 1.41 bits per heavy atom. The van der Waals surface area contributed by atoms with Gasteiger partial charge >= 0.3 is 0 Å². The SMILES string of the molecule is CCc1nc(Cc2ccccn2)[nH]c(=O)c1I. The van der Waals surface area contributed by atoms with E-state index in [1.165, 1.54) is 0 Å². The Hall–Kier alpha value is -1.24. The van der Waals surface area contributed by atoms with Gasteiger partial charge in [-0.3, -0.25) is 9.78 Å². The molecule has 5 heteroatoms. The molecule has 0 aliphatic heterocycles. The Kier molecular flexibility index (Phi) is 3.88. The van der Waals surface area contributed by atoms with Gasteiger partial charge in [0.2, 0.25) is 0 Å². The van der Waals surface area contributed by atoms with Crippen LogP contribution in [0.1, 0.15) is 24.1 Å². The van der Waals surface area contributed by atoms with Crippen LogP contribution in [0.15, 0.2) is 29.2 Å². The number of H-pyrrole nitrogens is 1. The fourth-order valence-electron chi connectivity index (χ4n) is 1.55. The highest BCUT2D eigenvalue weighted by Crippen LogP contribution is 2.07. The molecule has 2 rings (SSSR count). The minimum absolute atomic E-state index is 0.0663. The van der Waals surface area contributed by atoms with E-state index in [1.807, 2.05) is 47.7 Å². The van der Waals surface area contributed by atoms with Crippen LogP contribution in [0.3, 0.4) is 0 Å². The third-order valence-electron chi connectivity index (χ3n) is 2.39. The predicted molar refractivity (Wildman–Crippen MR) is 74.0 cm³/mol. The minimum Gasteiger partial charge on any atom is -0.309 e. The topological polar surface area (TPSA) is 58.6 Å². The molecule has 1 N–H and O–H groups in total. The molecule has 0 atom stereocenters. The van der Waals surface area contributed by atoms with Crippen LogP contribution in [0.2, 0.25) is 0 Å². The quantitative estimate of drug-likeness (QED) is 0.868. The molecule has 2 aromatic heterocycles. The number of nitrogens with zero attached hydrogens (tertiary/aromatic N) is 2. The van der Waals surface area contributed by atoms with Gasteiger partial charge in [-0.25, -0.2) is 4.98 Å². The predicted octanol–water partition coefficient (Wildman–Crippen LogP) is 1.92. The molecule has 2 heterocycles. The summed E-state index contributed by atoms with van der Waals surface area (Å²) in [5, 5.41) is 0. The fraction of sp³-hybridized carbons (Fsp3) is 0.250. The number of aryl methyl sites for hydroxylation is 1. The number of pyridine rings is 1. The number of hydrogen-bond acceptors (Lipinski definition) is 3. The van der Waals surface area contributed by atoms with E-state index in [-0.39, 0.29) is 5.56 Å². The number of hydrogen-bond donors (Lipinski definition) is 1. The van der Waals surface area contributed by atoms with E-state index < -0.39 is 0 Å². The van der Waals surface area contributed by atoms with Crippen LogP contribution in [0, 0.1) is 3.57 Å². The average molecular weight is 341 g/mol. The van der Waals surface area contributed by atoms with Crippen molar-refractivity contribution in [2.75, 3.05) is 0 Å². The van der Waals surface area contributed by atoms with E-state index in [9.17, 15) is 4.79 Å². The van der Waals surface area contributed by atoms with Gasteiger partial charge in [0, 0.05) is 18.3 Å². The lowest BCUT2D eigenvalue weighted by molar-refractivity contribution is 0.862. The normalized spacial score (nSPS) is 10.5. The first-order valence-corrected chi connectivity index (χ1v) is 6.46. The van der Waals surface area contributed by atoms with Crippen LogP contribution in [-0.2, 0) is 12.8 Å². The Bertz CT molecular complexity index is 566. The van der Waals surface area contributed by atoms with Crippen LogP contribution >= 0.6 is 22.6 Å². The molecule has 0 fully saturated rings. The van der Waals surface area contributed by atoms with E-state index in [4.69, 9.17) is 0 Å². The molecule has 0 spiro atoms. The highest BCUT2D eigenvalue weighted by Gasteiger charge is 2.07. The van der Waals surface area contributed by atoms with Crippen LogP contribution in [-0.4, -0.2) is 15.0 Å². The molecular weight excluding hydrogens is 329 g/mol. The Balaban J connectivity index is 2.34. The van der Waals surface area contributed by atoms with Crippen LogP contribution in [0.5, 0.6) is 0 Å². The fourth-order valence-corrected chi connectivity index (χ4v) is 2.19. The number of halogens is 1. The highest BCUT2D eigenvalue weighted by molar-refractivity contribution is 14.1. The summed E-state index contributed by atoms with van der Waals surface area (Å²) < 4.78 is 0.676. The van der Waals surface area contributed by atoms with Crippen molar-refractivity contribution in [2.24, 2.45) is 0 Å². The van der Waals surface area contributed by atoms with Crippen molar-refractivity contribution in [3.63, 3.8) is 0 Å². The van der Waals surface area contributed by atoms with Gasteiger partial charge in [0.25, 0.3) is 5.56 Å². The molecule has 0 unspecified atom stereocenters. The van der Waals surface area contributed by atoms with Gasteiger partial charge in [-0.1, -0.05) is 13.0 Å². The summed E-state index contributed by atoms with van der Waals surface area (Å²) in [5.74, 6) is 0.672. The summed E-state index contributed by atoms with van der Waals surface area (Å²) in [6.07, 6.45) is 3.05. The van der Waals surface area contributed by atoms with Gasteiger partial charge in [0.15, 0.2) is 0 Å². The second-order valence-electron chi connectivity index (χ2n) is 3.62. The zero-order chi connectivity index (χ0) is 12.3. The standard InChI is InChI=1S/C12H12IN3O/c1-2-9-11(13)12(17)16-10(15-9)7-8-5-3-4-6-14-8/h3-6H,2,7H2,1H3,(H,15,16,17). The lowest BCUT2D eigenvalue weighted by Gasteiger charge is -2.04. The maximum absolute atomic E-state index is 11.7. The molecule has 4 nitrogen and oxygen atoms in total. The van der Waals surface area contributed by atoms with E-state index in [2.05, 4.69) is 15.0 Å². The molecular formula is C12H12IN3O. The maximum Gasteiger partial charge on any atom is 0.264 e. The summed E-state index contributed by atoms with van der Waals surface area (Å²) in [5.41, 5.74) is 1.68. The Morgan fingerprint density at radius 3 is 2.88 bits per heavy atom. The minimum atomic E-state index is -0.0663. The zero-order valence-corrected chi connectivity index (χ0v) is 11.6. The first kappa shape index (κ1) is 12.2. The summed E-state index contributed by atoms with van der Waals surface area (Å²) in [6.45, 7) is 1.99. The third kappa shape index (κ3) is 2.91. The summed E-state index contributed by atoms with van der Waals surface area (Å²) in [4.78, 5) is 23.1. The molecule has 0 amide bonds. The van der Waals surface area contributed by atoms with Crippen LogP contribution < -0.4 is 5.56 Å². The van der Waals surface area contributed by atoms with Gasteiger partial charge in [0.1, 0.15) is 5.82 Å². The molecule has 17 heavy (non-hydrogen) atoms. The molecule has 0 radical (unpaired) electrons. The Labute approximate surface area is 113 Å². The van der Waals surface area contributed by atoms with Crippen molar-refractivity contribution in [1.82, 2.24) is 15.0 Å². The zero-order valence-electron chi connectivity index (χ0n) is 9.40. The van der Waals surface area contributed by atoms with Crippen molar-refractivity contribution in [3.05, 3.63) is 55.5 Å². The van der Waals surface area contributed by atoms with Gasteiger partial charge in [0.05, 0.1) is 9.26 Å². The van der Waals surface area contributed by atoms with Crippen molar-refractivity contribution >= 4 is 22.6 Å². The Morgan fingerprint density at radius 2 is 2.24 bits per heavy atom. The molecule has 0 saturated carbocycles. The van der Waals surface area contributed by atoms with Gasteiger partial charge in [-0.2, -0.15) is 0 Å². The monoisotopic (exact) mass is 341 g/mol. The molecule has 0 aliphatic carbocycles. The van der Waals surface area contributed by atoms with Crippen molar-refractivity contribution in [2.45, 2.75) is 19.8 Å². The largest absolute Gasteiger partial charge is 0.309 e. The lowest BCUT2D eigenvalue weighted by atomic mass is 10.2. The van der Waals surface area contributed by atoms with Gasteiger partial charge < -0.3 is 4.98 Å². The van der Waals surface area contributed by atoms with Gasteiger partial charge in [-0.05, 0) is 41.1 Å². The van der Waals surface area contributed by atoms with E-state index >= 15 is 0 Å². The average Bonchev–Trinajstić information content (AvgIpc) is 2.35. The first-order valence-electron chi connectivity index (χ1n) is 5.38. The second kappa shape index (κ2) is 5.39. The maximum atomic E-state index is 11.7. The number of nitrogens with one attached hydrogen (secondary N) is 1. The van der Waals surface area contributed by atoms with Crippen LogP contribution in [0.25, 0.3) is 0 Å². The van der Waals surface area contributed by atoms with Crippen molar-refractivity contribution in [3.8, 4) is 0 Å². The van der Waals surface area contributed by atoms with Crippen molar-refractivity contribution in [1.29, 1.82) is 0 Å². The van der Waals surface area contributed by atoms with Crippen LogP contribution in [0.4, 0.5) is 0 Å². The molecule has 88 valence electrons. The highest BCUT2D eigenvalue weighted by atomic mass is 127. The molecule has 0 aromatic carbocycles. The van der Waals surface area contributed by atoms with E-state index in [0.717, 1.165) is 17.8 Å². The third-order valence-corrected chi connectivity index (χ3v) is 3.50. The summed E-state index contributed by atoms with van der Waals surface area (Å²) in [6, 6.07) is 5.71. The summed E-state index contributed by atoms with van der Waals surface area (Å²) >= 11 is 2.03. The second-order valence-corrected chi connectivity index (χ2v) is 4.70. The molecule has 0 saturated heterocycles. The summed E-state index contributed by atoms with van der Waals surface area (Å²) in [7, 11) is 0. The van der Waals surface area contributed by atoms with E-state index in [1.54, 1.807) is 6.20 Å². The number of rotatable bonds is 3. The van der Waals surface area contributed by atoms with Crippen molar-refractivity contribution < 1.29 is 0 Å². The molecule has 2 aromatic rings.